The number of carbonyl (C=O) groups excluding carboxylic acids is 1. The van der Waals surface area contributed by atoms with E-state index in [1.807, 2.05) is 17.9 Å². The maximum absolute atomic E-state index is 12.3. The molecule has 2 aromatic heterocycles. The number of amides is 1. The molecule has 1 amide bonds. The number of thioether (sulfide) groups is 1. The number of aromatic nitrogens is 4. The second-order valence-electron chi connectivity index (χ2n) is 5.81. The summed E-state index contributed by atoms with van der Waals surface area (Å²) in [6.07, 6.45) is 2.29. The average Bonchev–Trinajstić information content (AvgIpc) is 2.88. The smallest absolute Gasteiger partial charge is 0.233 e. The van der Waals surface area contributed by atoms with Crippen molar-refractivity contribution < 1.29 is 4.79 Å². The number of nitrogen functional groups attached to an aromatic ring is 1. The molecule has 2 aromatic rings. The van der Waals surface area contributed by atoms with E-state index >= 15 is 0 Å². The van der Waals surface area contributed by atoms with Crippen LogP contribution in [0.3, 0.4) is 0 Å². The SMILES string of the molecule is Cc1cc2nnc(SCC(=O)N3CCC[C@@H](C)C3)n2c(N)n1. The number of fused-ring (bicyclic) bond motifs is 1. The minimum Gasteiger partial charge on any atom is -0.369 e. The van der Waals surface area contributed by atoms with Crippen LogP contribution in [0.1, 0.15) is 25.5 Å². The number of likely N-dealkylation sites (tertiary alicyclic amines) is 1. The number of anilines is 1. The van der Waals surface area contributed by atoms with E-state index in [9.17, 15) is 4.79 Å². The summed E-state index contributed by atoms with van der Waals surface area (Å²) in [5.41, 5.74) is 7.39. The van der Waals surface area contributed by atoms with Crippen LogP contribution in [0.4, 0.5) is 5.95 Å². The largest absolute Gasteiger partial charge is 0.369 e. The lowest BCUT2D eigenvalue weighted by Gasteiger charge is -2.30. The monoisotopic (exact) mass is 320 g/mol. The minimum atomic E-state index is 0.145. The second-order valence-corrected chi connectivity index (χ2v) is 6.75. The van der Waals surface area contributed by atoms with Gasteiger partial charge in [0.05, 0.1) is 5.75 Å². The van der Waals surface area contributed by atoms with Gasteiger partial charge in [0.25, 0.3) is 0 Å². The third kappa shape index (κ3) is 3.01. The van der Waals surface area contributed by atoms with Gasteiger partial charge in [0.15, 0.2) is 10.8 Å². The Kier molecular flexibility index (Phi) is 4.19. The van der Waals surface area contributed by atoms with E-state index in [0.717, 1.165) is 25.2 Å². The van der Waals surface area contributed by atoms with Crippen LogP contribution in [-0.4, -0.2) is 49.2 Å². The van der Waals surface area contributed by atoms with Crippen molar-refractivity contribution in [3.63, 3.8) is 0 Å². The van der Waals surface area contributed by atoms with E-state index in [2.05, 4.69) is 22.1 Å². The first-order chi connectivity index (χ1) is 10.5. The van der Waals surface area contributed by atoms with Gasteiger partial charge in [0.1, 0.15) is 0 Å². The summed E-state index contributed by atoms with van der Waals surface area (Å²) in [7, 11) is 0. The molecule has 0 unspecified atom stereocenters. The van der Waals surface area contributed by atoms with Gasteiger partial charge in [0, 0.05) is 24.8 Å². The van der Waals surface area contributed by atoms with Gasteiger partial charge < -0.3 is 10.6 Å². The van der Waals surface area contributed by atoms with Crippen LogP contribution in [0.2, 0.25) is 0 Å². The average molecular weight is 320 g/mol. The zero-order chi connectivity index (χ0) is 15.7. The highest BCUT2D eigenvalue weighted by Gasteiger charge is 2.21. The molecule has 1 fully saturated rings. The highest BCUT2D eigenvalue weighted by molar-refractivity contribution is 7.99. The van der Waals surface area contributed by atoms with Crippen molar-refractivity contribution in [1.82, 2.24) is 24.5 Å². The molecule has 3 heterocycles. The molecule has 0 spiro atoms. The molecule has 0 saturated carbocycles. The third-order valence-corrected chi connectivity index (χ3v) is 4.76. The molecule has 2 N–H and O–H groups in total. The van der Waals surface area contributed by atoms with Crippen molar-refractivity contribution in [3.05, 3.63) is 11.8 Å². The molecule has 22 heavy (non-hydrogen) atoms. The van der Waals surface area contributed by atoms with Gasteiger partial charge in [-0.25, -0.2) is 9.38 Å². The molecule has 1 atom stereocenters. The van der Waals surface area contributed by atoms with Gasteiger partial charge >= 0.3 is 0 Å². The predicted octanol–water partition coefficient (Wildman–Crippen LogP) is 1.37. The van der Waals surface area contributed by atoms with Crippen molar-refractivity contribution >= 4 is 29.3 Å². The Labute approximate surface area is 133 Å². The number of piperidine rings is 1. The highest BCUT2D eigenvalue weighted by Crippen LogP contribution is 2.22. The zero-order valence-corrected chi connectivity index (χ0v) is 13.6. The molecule has 7 nitrogen and oxygen atoms in total. The van der Waals surface area contributed by atoms with Crippen LogP contribution < -0.4 is 5.73 Å². The van der Waals surface area contributed by atoms with E-state index in [1.165, 1.54) is 18.2 Å². The van der Waals surface area contributed by atoms with Crippen molar-refractivity contribution in [2.45, 2.75) is 31.8 Å². The lowest BCUT2D eigenvalue weighted by atomic mass is 10.0. The number of carbonyl (C=O) groups is 1. The summed E-state index contributed by atoms with van der Waals surface area (Å²) >= 11 is 1.36. The first-order valence-corrected chi connectivity index (χ1v) is 8.42. The molecule has 0 bridgehead atoms. The number of hydrogen-bond acceptors (Lipinski definition) is 6. The summed E-state index contributed by atoms with van der Waals surface area (Å²) in [6, 6.07) is 1.82. The van der Waals surface area contributed by atoms with Crippen LogP contribution in [0, 0.1) is 12.8 Å². The zero-order valence-electron chi connectivity index (χ0n) is 12.8. The number of rotatable bonds is 3. The molecule has 1 saturated heterocycles. The van der Waals surface area contributed by atoms with Crippen molar-refractivity contribution in [2.75, 3.05) is 24.6 Å². The van der Waals surface area contributed by atoms with Crippen molar-refractivity contribution in [3.8, 4) is 0 Å². The predicted molar refractivity (Wildman–Crippen MR) is 85.6 cm³/mol. The van der Waals surface area contributed by atoms with Gasteiger partial charge in [-0.3, -0.25) is 4.79 Å². The topological polar surface area (TPSA) is 89.4 Å². The van der Waals surface area contributed by atoms with Gasteiger partial charge in [0.2, 0.25) is 11.9 Å². The Balaban J connectivity index is 1.70. The molecular formula is C14H20N6OS. The van der Waals surface area contributed by atoms with Crippen molar-refractivity contribution in [2.24, 2.45) is 5.92 Å². The van der Waals surface area contributed by atoms with Crippen LogP contribution >= 0.6 is 11.8 Å². The first kappa shape index (κ1) is 15.1. The highest BCUT2D eigenvalue weighted by atomic mass is 32.2. The van der Waals surface area contributed by atoms with E-state index in [-0.39, 0.29) is 5.91 Å². The number of aryl methyl sites for hydroxylation is 1. The Hall–Kier alpha value is -1.83. The summed E-state index contributed by atoms with van der Waals surface area (Å²) in [6.45, 7) is 5.75. The van der Waals surface area contributed by atoms with Gasteiger partial charge in [-0.05, 0) is 25.7 Å². The molecule has 0 aliphatic carbocycles. The second kappa shape index (κ2) is 6.12. The Morgan fingerprint density at radius 3 is 3.09 bits per heavy atom. The van der Waals surface area contributed by atoms with Crippen LogP contribution in [0.5, 0.6) is 0 Å². The third-order valence-electron chi connectivity index (χ3n) is 3.85. The fourth-order valence-electron chi connectivity index (χ4n) is 2.77. The first-order valence-electron chi connectivity index (χ1n) is 7.43. The standard InChI is InChI=1S/C14H20N6OS/c1-9-4-3-5-19(7-9)12(21)8-22-14-18-17-11-6-10(2)16-13(15)20(11)14/h6,9H,3-5,7-8H2,1-2H3,(H2,15,16)/t9-/m1/s1. The van der Waals surface area contributed by atoms with Gasteiger partial charge in [-0.1, -0.05) is 18.7 Å². The quantitative estimate of drug-likeness (QED) is 0.859. The molecule has 0 aromatic carbocycles. The fourth-order valence-corrected chi connectivity index (χ4v) is 3.62. The summed E-state index contributed by atoms with van der Waals surface area (Å²) in [4.78, 5) is 18.5. The normalized spacial score (nSPS) is 18.8. The Bertz CT molecular complexity index is 700. The molecule has 118 valence electrons. The number of hydrogen-bond donors (Lipinski definition) is 1. The molecular weight excluding hydrogens is 300 g/mol. The van der Waals surface area contributed by atoms with E-state index in [4.69, 9.17) is 5.73 Å². The number of nitrogens with two attached hydrogens (primary N) is 1. The van der Waals surface area contributed by atoms with Gasteiger partial charge in [-0.2, -0.15) is 0 Å². The number of nitrogens with zero attached hydrogens (tertiary/aromatic N) is 5. The minimum absolute atomic E-state index is 0.145. The molecule has 1 aliphatic rings. The maximum Gasteiger partial charge on any atom is 0.233 e. The van der Waals surface area contributed by atoms with E-state index in [0.29, 0.717) is 28.4 Å². The Morgan fingerprint density at radius 2 is 2.32 bits per heavy atom. The molecule has 1 aliphatic heterocycles. The van der Waals surface area contributed by atoms with Gasteiger partial charge in [-0.15, -0.1) is 10.2 Å². The molecule has 0 radical (unpaired) electrons. The van der Waals surface area contributed by atoms with Crippen LogP contribution in [-0.2, 0) is 4.79 Å². The summed E-state index contributed by atoms with van der Waals surface area (Å²) in [5, 5.41) is 8.81. The van der Waals surface area contributed by atoms with E-state index < -0.39 is 0 Å². The lowest BCUT2D eigenvalue weighted by Crippen LogP contribution is -2.40. The maximum atomic E-state index is 12.3. The van der Waals surface area contributed by atoms with Crippen molar-refractivity contribution in [1.29, 1.82) is 0 Å². The fraction of sp³-hybridized carbons (Fsp3) is 0.571. The molecule has 3 rings (SSSR count). The molecule has 8 heteroatoms. The lowest BCUT2D eigenvalue weighted by molar-refractivity contribution is -0.130. The van der Waals surface area contributed by atoms with Crippen LogP contribution in [0.25, 0.3) is 5.65 Å². The van der Waals surface area contributed by atoms with Crippen LogP contribution in [0.15, 0.2) is 11.2 Å². The summed E-state index contributed by atoms with van der Waals surface area (Å²) < 4.78 is 1.68. The Morgan fingerprint density at radius 1 is 1.50 bits per heavy atom. The van der Waals surface area contributed by atoms with E-state index in [1.54, 1.807) is 4.40 Å². The summed E-state index contributed by atoms with van der Waals surface area (Å²) in [5.74, 6) is 1.42.